The monoisotopic (exact) mass is 262 g/mol. The molecule has 2 atom stereocenters. The van der Waals surface area contributed by atoms with Gasteiger partial charge in [0.15, 0.2) is 5.58 Å². The van der Waals surface area contributed by atoms with Crippen LogP contribution in [0.4, 0.5) is 0 Å². The highest BCUT2D eigenvalue weighted by Crippen LogP contribution is 2.30. The molecule has 5 heteroatoms. The smallest absolute Gasteiger partial charge is 0.408 e. The molecule has 3 rings (SSSR count). The Balaban J connectivity index is 1.96. The van der Waals surface area contributed by atoms with Gasteiger partial charge in [-0.25, -0.2) is 4.79 Å². The van der Waals surface area contributed by atoms with E-state index in [1.54, 1.807) is 0 Å². The van der Waals surface area contributed by atoms with Gasteiger partial charge in [-0.15, -0.1) is 0 Å². The molecule has 2 heterocycles. The van der Waals surface area contributed by atoms with E-state index in [1.807, 2.05) is 18.2 Å². The highest BCUT2D eigenvalue weighted by molar-refractivity contribution is 5.72. The van der Waals surface area contributed by atoms with Crippen LogP contribution in [0.15, 0.2) is 27.4 Å². The minimum atomic E-state index is -0.406. The summed E-state index contributed by atoms with van der Waals surface area (Å²) in [7, 11) is 0. The number of ether oxygens (including phenoxy) is 1. The third-order valence-electron chi connectivity index (χ3n) is 3.66. The SMILES string of the molecule is CCNC(c1ccc2[nH]c(=O)oc2c1)C1CCOC1. The summed E-state index contributed by atoms with van der Waals surface area (Å²) in [4.78, 5) is 13.9. The standard InChI is InChI=1S/C14H18N2O3/c1-2-15-13(10-5-6-18-8-10)9-3-4-11-12(7-9)19-14(17)16-11/h3-4,7,10,13,15H,2,5-6,8H2,1H3,(H,16,17). The fourth-order valence-corrected chi connectivity index (χ4v) is 2.75. The number of hydrogen-bond donors (Lipinski definition) is 2. The number of hydrogen-bond acceptors (Lipinski definition) is 4. The van der Waals surface area contributed by atoms with Crippen LogP contribution >= 0.6 is 0 Å². The number of rotatable bonds is 4. The van der Waals surface area contributed by atoms with E-state index in [2.05, 4.69) is 17.2 Å². The van der Waals surface area contributed by atoms with E-state index in [1.165, 1.54) is 0 Å². The van der Waals surface area contributed by atoms with Gasteiger partial charge in [0.2, 0.25) is 0 Å². The molecule has 1 saturated heterocycles. The van der Waals surface area contributed by atoms with Gasteiger partial charge in [-0.05, 0) is 30.7 Å². The topological polar surface area (TPSA) is 67.3 Å². The minimum absolute atomic E-state index is 0.247. The lowest BCUT2D eigenvalue weighted by atomic mass is 9.92. The molecular weight excluding hydrogens is 244 g/mol. The van der Waals surface area contributed by atoms with Gasteiger partial charge >= 0.3 is 5.76 Å². The number of fused-ring (bicyclic) bond motifs is 1. The first-order valence-electron chi connectivity index (χ1n) is 6.72. The van der Waals surface area contributed by atoms with Crippen LogP contribution < -0.4 is 11.1 Å². The molecule has 0 spiro atoms. The first-order valence-corrected chi connectivity index (χ1v) is 6.72. The second-order valence-electron chi connectivity index (χ2n) is 4.93. The van der Waals surface area contributed by atoms with Crippen LogP contribution in [0.3, 0.4) is 0 Å². The Hall–Kier alpha value is -1.59. The van der Waals surface area contributed by atoms with Crippen molar-refractivity contribution in [3.63, 3.8) is 0 Å². The zero-order valence-electron chi connectivity index (χ0n) is 10.9. The number of benzene rings is 1. The molecule has 1 aliphatic rings. The minimum Gasteiger partial charge on any atom is -0.408 e. The fourth-order valence-electron chi connectivity index (χ4n) is 2.75. The van der Waals surface area contributed by atoms with Crippen LogP contribution in [0.2, 0.25) is 0 Å². The molecule has 5 nitrogen and oxygen atoms in total. The van der Waals surface area contributed by atoms with Crippen molar-refractivity contribution in [2.24, 2.45) is 5.92 Å². The van der Waals surface area contributed by atoms with Crippen LogP contribution in [0, 0.1) is 5.92 Å². The maximum atomic E-state index is 11.2. The highest BCUT2D eigenvalue weighted by Gasteiger charge is 2.26. The summed E-state index contributed by atoms with van der Waals surface area (Å²) in [5.74, 6) is 0.0689. The zero-order chi connectivity index (χ0) is 13.2. The Morgan fingerprint density at radius 3 is 3.16 bits per heavy atom. The van der Waals surface area contributed by atoms with Gasteiger partial charge in [-0.2, -0.15) is 0 Å². The van der Waals surface area contributed by atoms with Gasteiger partial charge in [-0.1, -0.05) is 13.0 Å². The zero-order valence-corrected chi connectivity index (χ0v) is 10.9. The van der Waals surface area contributed by atoms with Gasteiger partial charge in [0.05, 0.1) is 12.1 Å². The Labute approximate surface area is 111 Å². The van der Waals surface area contributed by atoms with Gasteiger partial charge in [0.25, 0.3) is 0 Å². The van der Waals surface area contributed by atoms with Crippen LogP contribution in [0.1, 0.15) is 24.9 Å². The van der Waals surface area contributed by atoms with Crippen molar-refractivity contribution in [3.8, 4) is 0 Å². The number of aromatic amines is 1. The Kier molecular flexibility index (Phi) is 3.40. The molecule has 0 saturated carbocycles. The van der Waals surface area contributed by atoms with Gasteiger partial charge in [0, 0.05) is 18.6 Å². The number of H-pyrrole nitrogens is 1. The van der Waals surface area contributed by atoms with E-state index in [9.17, 15) is 4.79 Å². The van der Waals surface area contributed by atoms with Crippen LogP contribution in [0.5, 0.6) is 0 Å². The van der Waals surface area contributed by atoms with E-state index >= 15 is 0 Å². The molecule has 0 aliphatic carbocycles. The summed E-state index contributed by atoms with van der Waals surface area (Å²) in [5.41, 5.74) is 2.50. The molecule has 102 valence electrons. The molecule has 1 aromatic heterocycles. The summed E-state index contributed by atoms with van der Waals surface area (Å²) in [6.45, 7) is 4.61. The van der Waals surface area contributed by atoms with Crippen LogP contribution in [-0.4, -0.2) is 24.7 Å². The lowest BCUT2D eigenvalue weighted by Gasteiger charge is -2.23. The van der Waals surface area contributed by atoms with E-state index in [0.29, 0.717) is 11.5 Å². The van der Waals surface area contributed by atoms with E-state index < -0.39 is 5.76 Å². The van der Waals surface area contributed by atoms with Crippen LogP contribution in [-0.2, 0) is 4.74 Å². The van der Waals surface area contributed by atoms with Crippen molar-refractivity contribution >= 4 is 11.1 Å². The Morgan fingerprint density at radius 1 is 1.53 bits per heavy atom. The molecule has 0 amide bonds. The van der Waals surface area contributed by atoms with Gasteiger partial charge < -0.3 is 14.5 Å². The Bertz CT molecular complexity index is 610. The summed E-state index contributed by atoms with van der Waals surface area (Å²) in [5, 5.41) is 3.50. The van der Waals surface area contributed by atoms with Crippen molar-refractivity contribution < 1.29 is 9.15 Å². The number of nitrogens with one attached hydrogen (secondary N) is 2. The molecule has 0 radical (unpaired) electrons. The summed E-state index contributed by atoms with van der Waals surface area (Å²) in [6.07, 6.45) is 1.06. The van der Waals surface area contributed by atoms with Crippen molar-refractivity contribution in [2.45, 2.75) is 19.4 Å². The van der Waals surface area contributed by atoms with E-state index in [4.69, 9.17) is 9.15 Å². The second kappa shape index (κ2) is 5.19. The van der Waals surface area contributed by atoms with Gasteiger partial charge in [-0.3, -0.25) is 4.98 Å². The first-order chi connectivity index (χ1) is 9.28. The molecule has 1 aromatic carbocycles. The average molecular weight is 262 g/mol. The van der Waals surface area contributed by atoms with Gasteiger partial charge in [0.1, 0.15) is 0 Å². The maximum absolute atomic E-state index is 11.2. The van der Waals surface area contributed by atoms with Crippen molar-refractivity contribution in [1.82, 2.24) is 10.3 Å². The number of oxazole rings is 1. The molecule has 2 unspecified atom stereocenters. The number of aromatic nitrogens is 1. The maximum Gasteiger partial charge on any atom is 0.417 e. The molecule has 2 aromatic rings. The predicted octanol–water partition coefficient (Wildman–Crippen LogP) is 1.81. The third kappa shape index (κ3) is 2.43. The van der Waals surface area contributed by atoms with Crippen molar-refractivity contribution in [1.29, 1.82) is 0 Å². The van der Waals surface area contributed by atoms with E-state index in [0.717, 1.165) is 37.3 Å². The van der Waals surface area contributed by atoms with E-state index in [-0.39, 0.29) is 6.04 Å². The molecular formula is C14H18N2O3. The molecule has 1 aliphatic heterocycles. The highest BCUT2D eigenvalue weighted by atomic mass is 16.5. The van der Waals surface area contributed by atoms with Crippen molar-refractivity contribution in [3.05, 3.63) is 34.3 Å². The quantitative estimate of drug-likeness (QED) is 0.881. The summed E-state index contributed by atoms with van der Waals surface area (Å²) >= 11 is 0. The normalized spacial score (nSPS) is 21.0. The lowest BCUT2D eigenvalue weighted by molar-refractivity contribution is 0.177. The second-order valence-corrected chi connectivity index (χ2v) is 4.93. The third-order valence-corrected chi connectivity index (χ3v) is 3.66. The molecule has 1 fully saturated rings. The lowest BCUT2D eigenvalue weighted by Crippen LogP contribution is -2.28. The summed E-state index contributed by atoms with van der Waals surface area (Å²) in [6, 6.07) is 6.13. The van der Waals surface area contributed by atoms with Crippen LogP contribution in [0.25, 0.3) is 11.1 Å². The molecule has 2 N–H and O–H groups in total. The average Bonchev–Trinajstić information content (AvgIpc) is 3.02. The fraction of sp³-hybridized carbons (Fsp3) is 0.500. The largest absolute Gasteiger partial charge is 0.417 e. The molecule has 0 bridgehead atoms. The Morgan fingerprint density at radius 2 is 2.42 bits per heavy atom. The summed E-state index contributed by atoms with van der Waals surface area (Å²) < 4.78 is 10.6. The predicted molar refractivity (Wildman–Crippen MR) is 72.2 cm³/mol. The first kappa shape index (κ1) is 12.4. The van der Waals surface area contributed by atoms with Crippen molar-refractivity contribution in [2.75, 3.05) is 19.8 Å². The molecule has 19 heavy (non-hydrogen) atoms.